The van der Waals surface area contributed by atoms with E-state index >= 15 is 0 Å². The van der Waals surface area contributed by atoms with Crippen molar-refractivity contribution in [1.82, 2.24) is 15.3 Å². The number of nitrogens with one attached hydrogen (secondary N) is 2. The quantitative estimate of drug-likeness (QED) is 0.249. The highest BCUT2D eigenvalue weighted by molar-refractivity contribution is 6.09. The number of amides is 1. The Morgan fingerprint density at radius 3 is 2.51 bits per heavy atom. The third-order valence-electron chi connectivity index (χ3n) is 7.02. The largest absolute Gasteiger partial charge is 0.497 e. The molecule has 0 aliphatic heterocycles. The summed E-state index contributed by atoms with van der Waals surface area (Å²) in [6.07, 6.45) is 2.40. The van der Waals surface area contributed by atoms with Gasteiger partial charge in [0, 0.05) is 28.0 Å². The normalized spacial score (nSPS) is 11.9. The number of benzene rings is 3. The molecule has 8 heteroatoms. The van der Waals surface area contributed by atoms with Gasteiger partial charge >= 0.3 is 0 Å². The number of H-pyrrole nitrogens is 1. The van der Waals surface area contributed by atoms with Crippen molar-refractivity contribution in [3.8, 4) is 28.5 Å². The highest BCUT2D eigenvalue weighted by Gasteiger charge is 2.23. The molecule has 0 spiro atoms. The second-order valence-corrected chi connectivity index (χ2v) is 9.33. The van der Waals surface area contributed by atoms with E-state index in [9.17, 15) is 9.90 Å². The van der Waals surface area contributed by atoms with E-state index in [-0.39, 0.29) is 12.5 Å². The van der Waals surface area contributed by atoms with E-state index in [0.717, 1.165) is 22.0 Å². The van der Waals surface area contributed by atoms with Crippen molar-refractivity contribution in [2.45, 2.75) is 19.4 Å². The van der Waals surface area contributed by atoms with Crippen molar-refractivity contribution in [1.29, 1.82) is 0 Å². The zero-order chi connectivity index (χ0) is 27.5. The summed E-state index contributed by atoms with van der Waals surface area (Å²) in [5.74, 6) is 1.49. The first-order valence-corrected chi connectivity index (χ1v) is 12.6. The van der Waals surface area contributed by atoms with Gasteiger partial charge in [0.1, 0.15) is 5.75 Å². The molecular formula is C31H31N3O5. The summed E-state index contributed by atoms with van der Waals surface area (Å²) >= 11 is 0. The number of nitrogens with zero attached hydrogens (tertiary/aromatic N) is 1. The topological polar surface area (TPSA) is 106 Å². The first-order chi connectivity index (χ1) is 19.0. The first kappa shape index (κ1) is 26.1. The van der Waals surface area contributed by atoms with E-state index in [4.69, 9.17) is 19.2 Å². The Morgan fingerprint density at radius 2 is 1.77 bits per heavy atom. The van der Waals surface area contributed by atoms with E-state index in [0.29, 0.717) is 51.4 Å². The van der Waals surface area contributed by atoms with Gasteiger partial charge in [0.2, 0.25) is 0 Å². The molecule has 0 saturated heterocycles. The number of hydrogen-bond donors (Lipinski definition) is 3. The number of pyridine rings is 1. The lowest BCUT2D eigenvalue weighted by molar-refractivity contribution is 0.0917. The minimum atomic E-state index is -0.491. The van der Waals surface area contributed by atoms with Gasteiger partial charge in [0.25, 0.3) is 5.91 Å². The Hall–Kier alpha value is -4.56. The van der Waals surface area contributed by atoms with Crippen molar-refractivity contribution >= 4 is 27.7 Å². The molecule has 0 fully saturated rings. The van der Waals surface area contributed by atoms with Crippen LogP contribution < -0.4 is 19.5 Å². The number of aromatic nitrogens is 2. The van der Waals surface area contributed by atoms with Crippen LogP contribution in [0.5, 0.6) is 17.2 Å². The van der Waals surface area contributed by atoms with Gasteiger partial charge in [-0.2, -0.15) is 0 Å². The van der Waals surface area contributed by atoms with Crippen molar-refractivity contribution in [3.05, 3.63) is 83.6 Å². The number of para-hydroxylation sites is 1. The van der Waals surface area contributed by atoms with Gasteiger partial charge in [-0.05, 0) is 66.9 Å². The lowest BCUT2D eigenvalue weighted by Gasteiger charge is -2.20. The molecule has 39 heavy (non-hydrogen) atoms. The molecule has 2 aromatic heterocycles. The molecule has 200 valence electrons. The molecule has 0 radical (unpaired) electrons. The van der Waals surface area contributed by atoms with Crippen molar-refractivity contribution < 1.29 is 24.1 Å². The fraction of sp³-hybridized carbons (Fsp3) is 0.226. The number of ether oxygens (including phenoxy) is 3. The Labute approximate surface area is 226 Å². The summed E-state index contributed by atoms with van der Waals surface area (Å²) in [4.78, 5) is 22.1. The zero-order valence-corrected chi connectivity index (χ0v) is 22.4. The molecule has 0 aliphatic rings. The Kier molecular flexibility index (Phi) is 7.38. The summed E-state index contributed by atoms with van der Waals surface area (Å²) in [5.41, 5.74) is 5.29. The predicted molar refractivity (Wildman–Crippen MR) is 152 cm³/mol. The molecular weight excluding hydrogens is 494 g/mol. The lowest BCUT2D eigenvalue weighted by atomic mass is 9.96. The summed E-state index contributed by atoms with van der Waals surface area (Å²) in [6.45, 7) is 1.67. The van der Waals surface area contributed by atoms with Crippen LogP contribution in [-0.4, -0.2) is 55.0 Å². The average Bonchev–Trinajstić information content (AvgIpc) is 3.38. The lowest BCUT2D eigenvalue weighted by Crippen LogP contribution is -2.39. The standard InChI is InChI=1S/C31H31N3O5/c1-18-29(31(36)33-21(17-35)13-20-16-32-25-8-6-5-7-23(20)25)24-15-22(37-2)10-11-26(24)34-30(18)19-9-12-27(38-3)28(14-19)39-4/h5-12,14-16,21,32,35H,13,17H2,1-4H3,(H,33,36)/t21-/m1/s1. The number of fused-ring (bicyclic) bond motifs is 2. The monoisotopic (exact) mass is 525 g/mol. The van der Waals surface area contributed by atoms with Gasteiger partial charge in [0.05, 0.1) is 50.8 Å². The van der Waals surface area contributed by atoms with Gasteiger partial charge in [-0.1, -0.05) is 18.2 Å². The molecule has 0 aliphatic carbocycles. The number of rotatable bonds is 9. The number of carbonyl (C=O) groups is 1. The van der Waals surface area contributed by atoms with Crippen LogP contribution in [0, 0.1) is 6.92 Å². The maximum atomic E-state index is 13.9. The summed E-state index contributed by atoms with van der Waals surface area (Å²) in [5, 5.41) is 15.0. The number of methoxy groups -OCH3 is 3. The summed E-state index contributed by atoms with van der Waals surface area (Å²) in [6, 6.07) is 18.5. The van der Waals surface area contributed by atoms with Crippen LogP contribution >= 0.6 is 0 Å². The van der Waals surface area contributed by atoms with Gasteiger partial charge < -0.3 is 29.6 Å². The fourth-order valence-corrected chi connectivity index (χ4v) is 5.01. The number of aromatic amines is 1. The summed E-state index contributed by atoms with van der Waals surface area (Å²) < 4.78 is 16.3. The zero-order valence-electron chi connectivity index (χ0n) is 22.4. The average molecular weight is 526 g/mol. The molecule has 0 saturated carbocycles. The van der Waals surface area contributed by atoms with Gasteiger partial charge in [-0.3, -0.25) is 4.79 Å². The van der Waals surface area contributed by atoms with Crippen LogP contribution in [0.4, 0.5) is 0 Å². The molecule has 5 rings (SSSR count). The van der Waals surface area contributed by atoms with Gasteiger partial charge in [0.15, 0.2) is 11.5 Å². The smallest absolute Gasteiger partial charge is 0.252 e. The number of carbonyl (C=O) groups excluding carboxylic acids is 1. The first-order valence-electron chi connectivity index (χ1n) is 12.6. The summed E-state index contributed by atoms with van der Waals surface area (Å²) in [7, 11) is 4.75. The van der Waals surface area contributed by atoms with Crippen molar-refractivity contribution in [3.63, 3.8) is 0 Å². The minimum Gasteiger partial charge on any atom is -0.497 e. The third-order valence-corrected chi connectivity index (χ3v) is 7.02. The Bertz CT molecular complexity index is 1660. The van der Waals surface area contributed by atoms with Crippen LogP contribution in [0.3, 0.4) is 0 Å². The predicted octanol–water partition coefficient (Wildman–Crippen LogP) is 5.05. The fourth-order valence-electron chi connectivity index (χ4n) is 5.01. The SMILES string of the molecule is COc1ccc2nc(-c3ccc(OC)c(OC)c3)c(C)c(C(=O)N[C@@H](CO)Cc3c[nH]c4ccccc34)c2c1. The van der Waals surface area contributed by atoms with Crippen LogP contribution in [0.25, 0.3) is 33.1 Å². The van der Waals surface area contributed by atoms with Crippen LogP contribution in [0.15, 0.2) is 66.9 Å². The van der Waals surface area contributed by atoms with E-state index in [1.807, 2.05) is 73.8 Å². The van der Waals surface area contributed by atoms with Gasteiger partial charge in [-0.25, -0.2) is 4.98 Å². The Balaban J connectivity index is 1.57. The molecule has 0 bridgehead atoms. The molecule has 3 aromatic carbocycles. The van der Waals surface area contributed by atoms with Crippen LogP contribution in [0.2, 0.25) is 0 Å². The molecule has 2 heterocycles. The van der Waals surface area contributed by atoms with Crippen molar-refractivity contribution in [2.75, 3.05) is 27.9 Å². The molecule has 0 unspecified atom stereocenters. The second-order valence-electron chi connectivity index (χ2n) is 9.33. The number of aliphatic hydroxyl groups excluding tert-OH is 1. The van der Waals surface area contributed by atoms with Crippen molar-refractivity contribution in [2.24, 2.45) is 0 Å². The molecule has 5 aromatic rings. The van der Waals surface area contributed by atoms with E-state index in [1.54, 1.807) is 21.3 Å². The highest BCUT2D eigenvalue weighted by Crippen LogP contribution is 2.36. The molecule has 1 atom stereocenters. The second kappa shape index (κ2) is 11.0. The Morgan fingerprint density at radius 1 is 0.974 bits per heavy atom. The maximum Gasteiger partial charge on any atom is 0.252 e. The number of aliphatic hydroxyl groups is 1. The van der Waals surface area contributed by atoms with E-state index < -0.39 is 6.04 Å². The third kappa shape index (κ3) is 4.98. The molecule has 8 nitrogen and oxygen atoms in total. The molecule has 1 amide bonds. The van der Waals surface area contributed by atoms with E-state index in [2.05, 4.69) is 10.3 Å². The van der Waals surface area contributed by atoms with Crippen LogP contribution in [0.1, 0.15) is 21.5 Å². The van der Waals surface area contributed by atoms with Crippen LogP contribution in [-0.2, 0) is 6.42 Å². The maximum absolute atomic E-state index is 13.9. The van der Waals surface area contributed by atoms with E-state index in [1.165, 1.54) is 0 Å². The number of hydrogen-bond acceptors (Lipinski definition) is 6. The molecule has 3 N–H and O–H groups in total. The highest BCUT2D eigenvalue weighted by atomic mass is 16.5. The minimum absolute atomic E-state index is 0.209. The van der Waals surface area contributed by atoms with Gasteiger partial charge in [-0.15, -0.1) is 0 Å².